The third-order valence-electron chi connectivity index (χ3n) is 3.43. The Hall–Kier alpha value is -2.82. The second-order valence-corrected chi connectivity index (χ2v) is 5.38. The summed E-state index contributed by atoms with van der Waals surface area (Å²) in [5, 5.41) is 2.77. The van der Waals surface area contributed by atoms with Crippen LogP contribution in [-0.4, -0.2) is 30.5 Å². The van der Waals surface area contributed by atoms with Gasteiger partial charge in [0.1, 0.15) is 12.3 Å². The van der Waals surface area contributed by atoms with E-state index >= 15 is 0 Å². The first-order chi connectivity index (χ1) is 11.0. The highest BCUT2D eigenvalue weighted by Crippen LogP contribution is 2.14. The maximum atomic E-state index is 12.0. The quantitative estimate of drug-likeness (QED) is 0.941. The number of hydrogen-bond acceptors (Lipinski definition) is 3. The van der Waals surface area contributed by atoms with Crippen molar-refractivity contribution in [3.8, 4) is 5.75 Å². The summed E-state index contributed by atoms with van der Waals surface area (Å²) in [5.41, 5.74) is 2.97. The van der Waals surface area contributed by atoms with Gasteiger partial charge in [-0.25, -0.2) is 4.79 Å². The topological polar surface area (TPSA) is 58.6 Å². The number of likely N-dealkylation sites (N-methyl/N-ethyl adjacent to an activating group) is 1. The van der Waals surface area contributed by atoms with Crippen molar-refractivity contribution in [1.82, 2.24) is 4.90 Å². The minimum atomic E-state index is -0.577. The lowest BCUT2D eigenvalue weighted by Crippen LogP contribution is -2.36. The summed E-state index contributed by atoms with van der Waals surface area (Å²) in [4.78, 5) is 25.2. The Balaban J connectivity index is 1.88. The second kappa shape index (κ2) is 7.45. The monoisotopic (exact) mass is 312 g/mol. The van der Waals surface area contributed by atoms with E-state index in [9.17, 15) is 9.59 Å². The summed E-state index contributed by atoms with van der Waals surface area (Å²) in [6.45, 7) is 3.90. The summed E-state index contributed by atoms with van der Waals surface area (Å²) < 4.78 is 5.17. The molecule has 0 saturated carbocycles. The minimum absolute atomic E-state index is 0.0847. The van der Waals surface area contributed by atoms with Gasteiger partial charge in [0, 0.05) is 12.7 Å². The van der Waals surface area contributed by atoms with E-state index in [0.29, 0.717) is 11.4 Å². The van der Waals surface area contributed by atoms with E-state index in [-0.39, 0.29) is 12.5 Å². The fourth-order valence-electron chi connectivity index (χ4n) is 1.97. The van der Waals surface area contributed by atoms with Gasteiger partial charge in [-0.05, 0) is 49.2 Å². The van der Waals surface area contributed by atoms with Crippen LogP contribution in [0.15, 0.2) is 48.5 Å². The average Bonchev–Trinajstić information content (AvgIpc) is 2.51. The number of hydrogen-bond donors (Lipinski definition) is 1. The van der Waals surface area contributed by atoms with Gasteiger partial charge in [0.15, 0.2) is 0 Å². The molecule has 0 aromatic heterocycles. The zero-order valence-corrected chi connectivity index (χ0v) is 13.5. The van der Waals surface area contributed by atoms with Crippen LogP contribution in [0.3, 0.4) is 0 Å². The van der Waals surface area contributed by atoms with Crippen molar-refractivity contribution in [3.63, 3.8) is 0 Å². The Bertz CT molecular complexity index is 699. The molecule has 2 amide bonds. The Kier molecular flexibility index (Phi) is 5.36. The molecular weight excluding hydrogens is 292 g/mol. The van der Waals surface area contributed by atoms with Crippen molar-refractivity contribution in [2.45, 2.75) is 13.8 Å². The van der Waals surface area contributed by atoms with Crippen LogP contribution in [0.5, 0.6) is 5.75 Å². The van der Waals surface area contributed by atoms with Crippen LogP contribution in [0.2, 0.25) is 0 Å². The van der Waals surface area contributed by atoms with E-state index in [4.69, 9.17) is 4.74 Å². The molecule has 1 N–H and O–H groups in total. The second-order valence-electron chi connectivity index (χ2n) is 5.38. The van der Waals surface area contributed by atoms with E-state index in [1.807, 2.05) is 38.1 Å². The molecule has 0 heterocycles. The molecule has 0 spiro atoms. The first-order valence-corrected chi connectivity index (χ1v) is 7.31. The number of benzene rings is 2. The van der Waals surface area contributed by atoms with Crippen LogP contribution >= 0.6 is 0 Å². The average molecular weight is 312 g/mol. The molecular formula is C18H20N2O3. The molecule has 0 bridgehead atoms. The lowest BCUT2D eigenvalue weighted by molar-refractivity contribution is -0.116. The Morgan fingerprint density at radius 2 is 1.74 bits per heavy atom. The number of ether oxygens (including phenoxy) is 1. The number of nitrogens with zero attached hydrogens (tertiary/aromatic N) is 1. The van der Waals surface area contributed by atoms with Gasteiger partial charge < -0.3 is 15.0 Å². The van der Waals surface area contributed by atoms with E-state index in [0.717, 1.165) is 11.1 Å². The number of carbonyl (C=O) groups is 2. The molecule has 0 atom stereocenters. The van der Waals surface area contributed by atoms with Gasteiger partial charge in [-0.15, -0.1) is 0 Å². The van der Waals surface area contributed by atoms with Gasteiger partial charge in [0.2, 0.25) is 5.91 Å². The summed E-state index contributed by atoms with van der Waals surface area (Å²) in [7, 11) is 1.52. The van der Waals surface area contributed by atoms with Crippen molar-refractivity contribution in [1.29, 1.82) is 0 Å². The van der Waals surface area contributed by atoms with Crippen LogP contribution in [0, 0.1) is 13.8 Å². The predicted octanol–water partition coefficient (Wildman–Crippen LogP) is 3.37. The first-order valence-electron chi connectivity index (χ1n) is 7.31. The van der Waals surface area contributed by atoms with Crippen LogP contribution in [-0.2, 0) is 4.79 Å². The normalized spacial score (nSPS) is 10.0. The molecule has 2 aromatic carbocycles. The molecule has 2 aromatic rings. The number of rotatable bonds is 4. The number of amides is 2. The molecule has 5 nitrogen and oxygen atoms in total. The van der Waals surface area contributed by atoms with Gasteiger partial charge in [0.05, 0.1) is 0 Å². The van der Waals surface area contributed by atoms with Crippen LogP contribution < -0.4 is 10.1 Å². The van der Waals surface area contributed by atoms with Crippen LogP contribution in [0.1, 0.15) is 11.1 Å². The molecule has 0 aliphatic heterocycles. The largest absolute Gasteiger partial charge is 0.415 e. The standard InChI is InChI=1S/C18H20N2O3/c1-13-9-10-15(11-14(13)2)19-17(21)12-20(3)18(22)23-16-7-5-4-6-8-16/h4-11H,12H2,1-3H3,(H,19,21). The maximum Gasteiger partial charge on any atom is 0.415 e. The number of anilines is 1. The summed E-state index contributed by atoms with van der Waals surface area (Å²) in [6, 6.07) is 14.4. The molecule has 2 rings (SSSR count). The van der Waals surface area contributed by atoms with Crippen molar-refractivity contribution in [2.75, 3.05) is 18.9 Å². The first kappa shape index (κ1) is 16.5. The van der Waals surface area contributed by atoms with Crippen molar-refractivity contribution < 1.29 is 14.3 Å². The van der Waals surface area contributed by atoms with E-state index in [1.165, 1.54) is 11.9 Å². The molecule has 0 saturated heterocycles. The zero-order valence-electron chi connectivity index (χ0n) is 13.5. The smallest absolute Gasteiger partial charge is 0.410 e. The summed E-state index contributed by atoms with van der Waals surface area (Å²) in [6.07, 6.45) is -0.577. The lowest BCUT2D eigenvalue weighted by Gasteiger charge is -2.16. The third kappa shape index (κ3) is 4.85. The molecule has 23 heavy (non-hydrogen) atoms. The molecule has 0 aliphatic carbocycles. The Morgan fingerprint density at radius 3 is 2.39 bits per heavy atom. The zero-order chi connectivity index (χ0) is 16.8. The molecule has 0 radical (unpaired) electrons. The number of para-hydroxylation sites is 1. The highest BCUT2D eigenvalue weighted by atomic mass is 16.6. The Morgan fingerprint density at radius 1 is 1.04 bits per heavy atom. The van der Waals surface area contributed by atoms with Crippen LogP contribution in [0.25, 0.3) is 0 Å². The minimum Gasteiger partial charge on any atom is -0.410 e. The van der Waals surface area contributed by atoms with E-state index in [2.05, 4.69) is 5.32 Å². The molecule has 0 unspecified atom stereocenters. The lowest BCUT2D eigenvalue weighted by atomic mass is 10.1. The Labute approximate surface area is 135 Å². The van der Waals surface area contributed by atoms with Crippen LogP contribution in [0.4, 0.5) is 10.5 Å². The number of aryl methyl sites for hydroxylation is 2. The van der Waals surface area contributed by atoms with Gasteiger partial charge in [-0.3, -0.25) is 4.79 Å². The highest BCUT2D eigenvalue weighted by molar-refractivity contribution is 5.94. The maximum absolute atomic E-state index is 12.0. The van der Waals surface area contributed by atoms with Crippen molar-refractivity contribution in [3.05, 3.63) is 59.7 Å². The summed E-state index contributed by atoms with van der Waals surface area (Å²) >= 11 is 0. The predicted molar refractivity (Wildman–Crippen MR) is 89.6 cm³/mol. The van der Waals surface area contributed by atoms with Gasteiger partial charge in [-0.2, -0.15) is 0 Å². The van der Waals surface area contributed by atoms with E-state index in [1.54, 1.807) is 24.3 Å². The number of carbonyl (C=O) groups excluding carboxylic acids is 2. The van der Waals surface area contributed by atoms with Crippen molar-refractivity contribution >= 4 is 17.7 Å². The number of nitrogens with one attached hydrogen (secondary N) is 1. The third-order valence-corrected chi connectivity index (χ3v) is 3.43. The fraction of sp³-hybridized carbons (Fsp3) is 0.222. The fourth-order valence-corrected chi connectivity index (χ4v) is 1.97. The highest BCUT2D eigenvalue weighted by Gasteiger charge is 2.15. The van der Waals surface area contributed by atoms with E-state index < -0.39 is 6.09 Å². The molecule has 5 heteroatoms. The van der Waals surface area contributed by atoms with Gasteiger partial charge in [0.25, 0.3) is 0 Å². The van der Waals surface area contributed by atoms with Gasteiger partial charge in [-0.1, -0.05) is 24.3 Å². The molecule has 120 valence electrons. The summed E-state index contributed by atoms with van der Waals surface area (Å²) in [5.74, 6) is 0.166. The molecule has 0 aliphatic rings. The van der Waals surface area contributed by atoms with Gasteiger partial charge >= 0.3 is 6.09 Å². The SMILES string of the molecule is Cc1ccc(NC(=O)CN(C)C(=O)Oc2ccccc2)cc1C. The molecule has 0 fully saturated rings. The van der Waals surface area contributed by atoms with Crippen molar-refractivity contribution in [2.24, 2.45) is 0 Å².